The quantitative estimate of drug-likeness (QED) is 0.507. The van der Waals surface area contributed by atoms with Crippen LogP contribution in [-0.2, 0) is 21.7 Å². The fourth-order valence-electron chi connectivity index (χ4n) is 2.44. The first-order valence-electron chi connectivity index (χ1n) is 7.86. The number of hydrogen-bond donors (Lipinski definition) is 0. The average Bonchev–Trinajstić information content (AvgIpc) is 3.11. The zero-order chi connectivity index (χ0) is 17.8. The maximum absolute atomic E-state index is 11.8. The molecule has 0 radical (unpaired) electrons. The smallest absolute Gasteiger partial charge is 0.315 e. The number of hydrogen-bond acceptors (Lipinski definition) is 6. The Morgan fingerprint density at radius 1 is 1.32 bits per heavy atom. The molecule has 0 saturated heterocycles. The van der Waals surface area contributed by atoms with Gasteiger partial charge in [0.25, 0.3) is 0 Å². The van der Waals surface area contributed by atoms with Crippen LogP contribution in [0, 0.1) is 13.8 Å². The third-order valence-electron chi connectivity index (χ3n) is 3.79. The van der Waals surface area contributed by atoms with Crippen molar-refractivity contribution in [1.82, 2.24) is 5.16 Å². The minimum atomic E-state index is -0.226. The molecule has 3 rings (SSSR count). The van der Waals surface area contributed by atoms with Crippen LogP contribution in [0.2, 0.25) is 0 Å². The maximum atomic E-state index is 11.8. The number of halogens is 1. The number of aryl methyl sites for hydroxylation is 2. The van der Waals surface area contributed by atoms with Crippen molar-refractivity contribution in [3.63, 3.8) is 0 Å². The molecule has 0 aliphatic rings. The molecule has 25 heavy (non-hydrogen) atoms. The van der Waals surface area contributed by atoms with Gasteiger partial charge in [-0.3, -0.25) is 4.79 Å². The molecular formula is C18H18BrNO4S. The van der Waals surface area contributed by atoms with Gasteiger partial charge in [0.05, 0.1) is 18.1 Å². The lowest BCUT2D eigenvalue weighted by Gasteiger charge is -2.03. The van der Waals surface area contributed by atoms with E-state index in [1.807, 2.05) is 38.1 Å². The van der Waals surface area contributed by atoms with E-state index in [0.29, 0.717) is 24.5 Å². The Morgan fingerprint density at radius 3 is 2.92 bits per heavy atom. The molecule has 7 heteroatoms. The summed E-state index contributed by atoms with van der Waals surface area (Å²) in [6.45, 7) is 4.09. The zero-order valence-corrected chi connectivity index (χ0v) is 16.4. The Hall–Kier alpha value is -1.73. The number of benzene rings is 1. The van der Waals surface area contributed by atoms with E-state index >= 15 is 0 Å². The highest BCUT2D eigenvalue weighted by Gasteiger charge is 2.11. The number of fused-ring (bicyclic) bond motifs is 1. The van der Waals surface area contributed by atoms with Crippen molar-refractivity contribution in [2.45, 2.75) is 26.0 Å². The number of thioether (sulfide) groups is 1. The molecule has 3 aromatic rings. The Bertz CT molecular complexity index is 867. The molecule has 2 aromatic heterocycles. The van der Waals surface area contributed by atoms with Crippen LogP contribution < -0.4 is 0 Å². The van der Waals surface area contributed by atoms with Crippen molar-refractivity contribution < 1.29 is 18.5 Å². The van der Waals surface area contributed by atoms with Gasteiger partial charge in [0, 0.05) is 27.6 Å². The van der Waals surface area contributed by atoms with E-state index in [0.717, 1.165) is 38.2 Å². The summed E-state index contributed by atoms with van der Waals surface area (Å²) in [4.78, 5) is 11.8. The fraction of sp³-hybridized carbons (Fsp3) is 0.333. The van der Waals surface area contributed by atoms with Crippen LogP contribution in [0.15, 0.2) is 37.7 Å². The number of ether oxygens (including phenoxy) is 1. The standard InChI is InChI=1S/C18H18BrNO4S/c1-11-16(12(2)24-20-11)9-25-10-18(21)22-6-5-15-8-13-7-14(19)3-4-17(13)23-15/h3-4,7-8H,5-6,9-10H2,1-2H3. The molecule has 5 nitrogen and oxygen atoms in total. The zero-order valence-electron chi connectivity index (χ0n) is 14.0. The van der Waals surface area contributed by atoms with Crippen molar-refractivity contribution in [3.8, 4) is 0 Å². The van der Waals surface area contributed by atoms with Gasteiger partial charge in [0.1, 0.15) is 17.1 Å². The molecule has 0 aliphatic heterocycles. The van der Waals surface area contributed by atoms with Gasteiger partial charge >= 0.3 is 5.97 Å². The van der Waals surface area contributed by atoms with Crippen molar-refractivity contribution in [2.24, 2.45) is 0 Å². The van der Waals surface area contributed by atoms with E-state index in [9.17, 15) is 4.79 Å². The van der Waals surface area contributed by atoms with Gasteiger partial charge in [-0.05, 0) is 38.1 Å². The second-order valence-electron chi connectivity index (χ2n) is 5.66. The first kappa shape index (κ1) is 18.1. The third kappa shape index (κ3) is 4.67. The summed E-state index contributed by atoms with van der Waals surface area (Å²) in [5.74, 6) is 2.38. The summed E-state index contributed by atoms with van der Waals surface area (Å²) >= 11 is 4.93. The molecule has 0 fully saturated rings. The maximum Gasteiger partial charge on any atom is 0.315 e. The summed E-state index contributed by atoms with van der Waals surface area (Å²) in [5, 5.41) is 4.94. The lowest BCUT2D eigenvalue weighted by atomic mass is 10.2. The Labute approximate surface area is 158 Å². The van der Waals surface area contributed by atoms with Gasteiger partial charge < -0.3 is 13.7 Å². The first-order chi connectivity index (χ1) is 12.0. The van der Waals surface area contributed by atoms with Gasteiger partial charge in [-0.2, -0.15) is 0 Å². The van der Waals surface area contributed by atoms with Crippen molar-refractivity contribution in [2.75, 3.05) is 12.4 Å². The molecular weight excluding hydrogens is 406 g/mol. The molecule has 1 aromatic carbocycles. The normalized spacial score (nSPS) is 11.2. The summed E-state index contributed by atoms with van der Waals surface area (Å²) < 4.78 is 17.1. The average molecular weight is 424 g/mol. The molecule has 0 saturated carbocycles. The summed E-state index contributed by atoms with van der Waals surface area (Å²) in [6, 6.07) is 7.83. The van der Waals surface area contributed by atoms with Gasteiger partial charge in [-0.1, -0.05) is 21.1 Å². The monoisotopic (exact) mass is 423 g/mol. The molecule has 0 spiro atoms. The van der Waals surface area contributed by atoms with Crippen LogP contribution in [0.1, 0.15) is 22.8 Å². The minimum absolute atomic E-state index is 0.226. The number of carbonyl (C=O) groups is 1. The minimum Gasteiger partial charge on any atom is -0.465 e. The van der Waals surface area contributed by atoms with E-state index in [1.54, 1.807) is 0 Å². The van der Waals surface area contributed by atoms with Gasteiger partial charge in [0.2, 0.25) is 0 Å². The van der Waals surface area contributed by atoms with E-state index < -0.39 is 0 Å². The highest BCUT2D eigenvalue weighted by Crippen LogP contribution is 2.23. The summed E-state index contributed by atoms with van der Waals surface area (Å²) in [6.07, 6.45) is 0.562. The molecule has 0 bridgehead atoms. The SMILES string of the molecule is Cc1noc(C)c1CSCC(=O)OCCc1cc2cc(Br)ccc2o1. The number of rotatable bonds is 7. The lowest BCUT2D eigenvalue weighted by molar-refractivity contribution is -0.140. The molecule has 132 valence electrons. The molecule has 0 unspecified atom stereocenters. The molecule has 0 atom stereocenters. The number of furan rings is 1. The van der Waals surface area contributed by atoms with Gasteiger partial charge in [0.15, 0.2) is 0 Å². The molecule has 0 aliphatic carbocycles. The number of nitrogens with zero attached hydrogens (tertiary/aromatic N) is 1. The largest absolute Gasteiger partial charge is 0.465 e. The Kier molecular flexibility index (Phi) is 5.86. The number of aromatic nitrogens is 1. The lowest BCUT2D eigenvalue weighted by Crippen LogP contribution is -2.10. The summed E-state index contributed by atoms with van der Waals surface area (Å²) in [5.41, 5.74) is 2.75. The molecule has 2 heterocycles. The molecule has 0 amide bonds. The van der Waals surface area contributed by atoms with Crippen LogP contribution in [0.25, 0.3) is 11.0 Å². The summed E-state index contributed by atoms with van der Waals surface area (Å²) in [7, 11) is 0. The predicted molar refractivity (Wildman–Crippen MR) is 101 cm³/mol. The van der Waals surface area contributed by atoms with Crippen molar-refractivity contribution >= 4 is 44.6 Å². The van der Waals surface area contributed by atoms with Crippen LogP contribution in [0.5, 0.6) is 0 Å². The molecule has 0 N–H and O–H groups in total. The Morgan fingerprint density at radius 2 is 2.16 bits per heavy atom. The second kappa shape index (κ2) is 8.10. The van der Waals surface area contributed by atoms with Crippen LogP contribution in [-0.4, -0.2) is 23.5 Å². The van der Waals surface area contributed by atoms with E-state index in [4.69, 9.17) is 13.7 Å². The van der Waals surface area contributed by atoms with E-state index in [1.165, 1.54) is 11.8 Å². The second-order valence-corrected chi connectivity index (χ2v) is 7.56. The van der Waals surface area contributed by atoms with Crippen LogP contribution in [0.4, 0.5) is 0 Å². The number of esters is 1. The first-order valence-corrected chi connectivity index (χ1v) is 9.81. The van der Waals surface area contributed by atoms with Crippen molar-refractivity contribution in [3.05, 3.63) is 51.5 Å². The topological polar surface area (TPSA) is 65.5 Å². The third-order valence-corrected chi connectivity index (χ3v) is 5.21. The van der Waals surface area contributed by atoms with Gasteiger partial charge in [-0.15, -0.1) is 11.8 Å². The van der Waals surface area contributed by atoms with Crippen LogP contribution in [0.3, 0.4) is 0 Å². The number of carbonyl (C=O) groups excluding carboxylic acids is 1. The van der Waals surface area contributed by atoms with Crippen molar-refractivity contribution in [1.29, 1.82) is 0 Å². The highest BCUT2D eigenvalue weighted by atomic mass is 79.9. The fourth-order valence-corrected chi connectivity index (χ4v) is 3.79. The predicted octanol–water partition coefficient (Wildman–Crippen LogP) is 4.82. The highest BCUT2D eigenvalue weighted by molar-refractivity contribution is 9.10. The Balaban J connectivity index is 1.41. The van der Waals surface area contributed by atoms with Crippen LogP contribution >= 0.6 is 27.7 Å². The van der Waals surface area contributed by atoms with E-state index in [2.05, 4.69) is 21.1 Å². The van der Waals surface area contributed by atoms with E-state index in [-0.39, 0.29) is 5.97 Å². The van der Waals surface area contributed by atoms with Gasteiger partial charge in [-0.25, -0.2) is 0 Å².